The molecular weight excluding hydrogens is 214 g/mol. The number of anilines is 1. The molecule has 0 radical (unpaired) electrons. The average molecular weight is 228 g/mol. The van der Waals surface area contributed by atoms with Crippen LogP contribution in [0.3, 0.4) is 0 Å². The number of morpholine rings is 1. The van der Waals surface area contributed by atoms with Crippen LogP contribution in [-0.4, -0.2) is 37.5 Å². The molecule has 1 aliphatic rings. The molecule has 2 rings (SSSR count). The van der Waals surface area contributed by atoms with Gasteiger partial charge in [0.1, 0.15) is 0 Å². The number of benzene rings is 1. The van der Waals surface area contributed by atoms with Gasteiger partial charge in [-0.1, -0.05) is 23.7 Å². The van der Waals surface area contributed by atoms with Crippen LogP contribution >= 0.6 is 11.6 Å². The third kappa shape index (κ3) is 2.25. The van der Waals surface area contributed by atoms with Gasteiger partial charge in [0.15, 0.2) is 0 Å². The first-order valence-electron chi connectivity index (χ1n) is 5.02. The molecule has 0 amide bonds. The number of aliphatic hydroxyl groups excluding tert-OH is 1. The molecule has 15 heavy (non-hydrogen) atoms. The van der Waals surface area contributed by atoms with E-state index < -0.39 is 0 Å². The molecule has 1 saturated heterocycles. The Morgan fingerprint density at radius 2 is 2.27 bits per heavy atom. The van der Waals surface area contributed by atoms with Crippen LogP contribution in [0.2, 0.25) is 5.02 Å². The molecule has 0 aromatic heterocycles. The van der Waals surface area contributed by atoms with Crippen LogP contribution in [-0.2, 0) is 4.74 Å². The van der Waals surface area contributed by atoms with Crippen molar-refractivity contribution in [3.63, 3.8) is 0 Å². The van der Waals surface area contributed by atoms with Gasteiger partial charge in [0.25, 0.3) is 0 Å². The maximum absolute atomic E-state index is 9.25. The minimum atomic E-state index is 0.0126. The van der Waals surface area contributed by atoms with E-state index >= 15 is 0 Å². The Morgan fingerprint density at radius 3 is 3.00 bits per heavy atom. The highest BCUT2D eigenvalue weighted by Crippen LogP contribution is 2.27. The molecular formula is C11H14ClNO2. The maximum Gasteiger partial charge on any atom is 0.0756 e. The van der Waals surface area contributed by atoms with Crippen LogP contribution in [0.15, 0.2) is 24.3 Å². The summed E-state index contributed by atoms with van der Waals surface area (Å²) in [5.41, 5.74) is 0.974. The number of nitrogens with zero attached hydrogens (tertiary/aromatic N) is 1. The van der Waals surface area contributed by atoms with Gasteiger partial charge in [-0.2, -0.15) is 0 Å². The van der Waals surface area contributed by atoms with Gasteiger partial charge in [0, 0.05) is 6.54 Å². The molecule has 1 aliphatic heterocycles. The fraction of sp³-hybridized carbons (Fsp3) is 0.455. The number of halogens is 1. The van der Waals surface area contributed by atoms with E-state index in [-0.39, 0.29) is 12.6 Å². The van der Waals surface area contributed by atoms with Crippen molar-refractivity contribution in [1.82, 2.24) is 0 Å². The minimum Gasteiger partial charge on any atom is -0.394 e. The monoisotopic (exact) mass is 227 g/mol. The number of para-hydroxylation sites is 1. The summed E-state index contributed by atoms with van der Waals surface area (Å²) in [6, 6.07) is 7.70. The van der Waals surface area contributed by atoms with Gasteiger partial charge < -0.3 is 14.7 Å². The van der Waals surface area contributed by atoms with Crippen LogP contribution in [0.25, 0.3) is 0 Å². The van der Waals surface area contributed by atoms with Crippen LogP contribution in [0.5, 0.6) is 0 Å². The van der Waals surface area contributed by atoms with Gasteiger partial charge >= 0.3 is 0 Å². The van der Waals surface area contributed by atoms with Gasteiger partial charge in [-0.15, -0.1) is 0 Å². The van der Waals surface area contributed by atoms with E-state index in [0.717, 1.165) is 17.3 Å². The van der Waals surface area contributed by atoms with Crippen LogP contribution in [0.1, 0.15) is 0 Å². The van der Waals surface area contributed by atoms with E-state index in [1.165, 1.54) is 0 Å². The fourth-order valence-corrected chi connectivity index (χ4v) is 2.05. The quantitative estimate of drug-likeness (QED) is 0.832. The summed E-state index contributed by atoms with van der Waals surface area (Å²) in [5, 5.41) is 9.97. The lowest BCUT2D eigenvalue weighted by Gasteiger charge is -2.36. The van der Waals surface area contributed by atoms with Gasteiger partial charge in [-0.25, -0.2) is 0 Å². The van der Waals surface area contributed by atoms with E-state index in [9.17, 15) is 5.11 Å². The molecule has 82 valence electrons. The summed E-state index contributed by atoms with van der Waals surface area (Å²) >= 11 is 6.12. The van der Waals surface area contributed by atoms with Crippen molar-refractivity contribution in [2.75, 3.05) is 31.3 Å². The van der Waals surface area contributed by atoms with Crippen LogP contribution in [0, 0.1) is 0 Å². The Balaban J connectivity index is 2.24. The Bertz CT molecular complexity index is 332. The second kappa shape index (κ2) is 4.84. The summed E-state index contributed by atoms with van der Waals surface area (Å²) < 4.78 is 5.32. The molecule has 0 bridgehead atoms. The summed E-state index contributed by atoms with van der Waals surface area (Å²) in [4.78, 5) is 2.10. The number of hydrogen-bond acceptors (Lipinski definition) is 3. The van der Waals surface area contributed by atoms with Crippen molar-refractivity contribution in [2.45, 2.75) is 6.04 Å². The predicted octanol–water partition coefficient (Wildman–Crippen LogP) is 1.54. The molecule has 1 N–H and O–H groups in total. The zero-order valence-electron chi connectivity index (χ0n) is 8.40. The molecule has 0 saturated carbocycles. The van der Waals surface area contributed by atoms with Crippen molar-refractivity contribution >= 4 is 17.3 Å². The Morgan fingerprint density at radius 1 is 1.47 bits per heavy atom. The number of rotatable bonds is 2. The predicted molar refractivity (Wildman–Crippen MR) is 60.5 cm³/mol. The van der Waals surface area contributed by atoms with Gasteiger partial charge in [-0.3, -0.25) is 0 Å². The van der Waals surface area contributed by atoms with Crippen LogP contribution < -0.4 is 4.90 Å². The third-order valence-corrected chi connectivity index (χ3v) is 2.92. The second-order valence-electron chi connectivity index (χ2n) is 3.56. The number of ether oxygens (including phenoxy) is 1. The number of aliphatic hydroxyl groups is 1. The Kier molecular flexibility index (Phi) is 3.46. The first-order valence-corrected chi connectivity index (χ1v) is 5.40. The third-order valence-electron chi connectivity index (χ3n) is 2.60. The van der Waals surface area contributed by atoms with Crippen molar-refractivity contribution in [3.05, 3.63) is 29.3 Å². The first-order chi connectivity index (χ1) is 7.33. The standard InChI is InChI=1S/C11H14ClNO2/c12-10-3-1-2-4-11(10)13-5-6-15-8-9(13)7-14/h1-4,9,14H,5-8H2. The largest absolute Gasteiger partial charge is 0.394 e. The highest BCUT2D eigenvalue weighted by atomic mass is 35.5. The van der Waals surface area contributed by atoms with E-state index in [1.54, 1.807) is 0 Å². The zero-order valence-corrected chi connectivity index (χ0v) is 9.15. The molecule has 3 nitrogen and oxygen atoms in total. The second-order valence-corrected chi connectivity index (χ2v) is 3.96. The molecule has 0 aliphatic carbocycles. The molecule has 4 heteroatoms. The van der Waals surface area contributed by atoms with E-state index in [2.05, 4.69) is 4.90 Å². The van der Waals surface area contributed by atoms with E-state index in [1.807, 2.05) is 24.3 Å². The van der Waals surface area contributed by atoms with Crippen molar-refractivity contribution in [2.24, 2.45) is 0 Å². The summed E-state index contributed by atoms with van der Waals surface area (Å²) in [6.07, 6.45) is 0. The van der Waals surface area contributed by atoms with E-state index in [4.69, 9.17) is 16.3 Å². The molecule has 1 heterocycles. The summed E-state index contributed by atoms with van der Waals surface area (Å²) in [7, 11) is 0. The normalized spacial score (nSPS) is 21.7. The molecule has 1 fully saturated rings. The molecule has 0 spiro atoms. The molecule has 1 unspecified atom stereocenters. The van der Waals surface area contributed by atoms with Crippen molar-refractivity contribution in [3.8, 4) is 0 Å². The lowest BCUT2D eigenvalue weighted by molar-refractivity contribution is 0.0727. The summed E-state index contributed by atoms with van der Waals surface area (Å²) in [6.45, 7) is 2.10. The van der Waals surface area contributed by atoms with Crippen LogP contribution in [0.4, 0.5) is 5.69 Å². The lowest BCUT2D eigenvalue weighted by atomic mass is 10.2. The average Bonchev–Trinajstić information content (AvgIpc) is 2.30. The molecule has 1 atom stereocenters. The van der Waals surface area contributed by atoms with E-state index in [0.29, 0.717) is 13.2 Å². The van der Waals surface area contributed by atoms with Gasteiger partial charge in [0.05, 0.1) is 36.6 Å². The molecule has 1 aromatic rings. The minimum absolute atomic E-state index is 0.0126. The highest BCUT2D eigenvalue weighted by Gasteiger charge is 2.23. The lowest BCUT2D eigenvalue weighted by Crippen LogP contribution is -2.47. The Labute approximate surface area is 94.2 Å². The van der Waals surface area contributed by atoms with Gasteiger partial charge in [-0.05, 0) is 12.1 Å². The SMILES string of the molecule is OCC1COCCN1c1ccccc1Cl. The number of hydrogen-bond donors (Lipinski definition) is 1. The first kappa shape index (κ1) is 10.7. The fourth-order valence-electron chi connectivity index (χ4n) is 1.81. The van der Waals surface area contributed by atoms with Gasteiger partial charge in [0.2, 0.25) is 0 Å². The smallest absolute Gasteiger partial charge is 0.0756 e. The highest BCUT2D eigenvalue weighted by molar-refractivity contribution is 6.33. The molecule has 1 aromatic carbocycles. The van der Waals surface area contributed by atoms with Crippen molar-refractivity contribution in [1.29, 1.82) is 0 Å². The Hall–Kier alpha value is -0.770. The summed E-state index contributed by atoms with van der Waals surface area (Å²) in [5.74, 6) is 0. The van der Waals surface area contributed by atoms with Crippen molar-refractivity contribution < 1.29 is 9.84 Å². The zero-order chi connectivity index (χ0) is 10.7. The maximum atomic E-state index is 9.25. The topological polar surface area (TPSA) is 32.7 Å².